The monoisotopic (exact) mass is 277 g/mol. The van der Waals surface area contributed by atoms with E-state index in [4.69, 9.17) is 21.4 Å². The molecule has 98 valence electrons. The summed E-state index contributed by atoms with van der Waals surface area (Å²) in [5.74, 6) is -0.394. The molecule has 1 heterocycles. The van der Waals surface area contributed by atoms with E-state index in [1.807, 2.05) is 6.92 Å². The second-order valence-corrected chi connectivity index (χ2v) is 4.20. The molecule has 1 aromatic heterocycles. The van der Waals surface area contributed by atoms with E-state index in [9.17, 15) is 4.79 Å². The summed E-state index contributed by atoms with van der Waals surface area (Å²) >= 11 is 6.16. The van der Waals surface area contributed by atoms with E-state index >= 15 is 0 Å². The Morgan fingerprint density at radius 2 is 2.16 bits per heavy atom. The molecule has 4 nitrogen and oxygen atoms in total. The molecule has 0 aliphatic heterocycles. The predicted molar refractivity (Wildman–Crippen MR) is 72.8 cm³/mol. The second kappa shape index (κ2) is 5.71. The maximum atomic E-state index is 10.9. The molecule has 1 N–H and O–H groups in total. The van der Waals surface area contributed by atoms with Gasteiger partial charge in [-0.2, -0.15) is 0 Å². The van der Waals surface area contributed by atoms with Crippen LogP contribution in [0.5, 0.6) is 5.75 Å². The van der Waals surface area contributed by atoms with Crippen molar-refractivity contribution >= 4 is 17.6 Å². The van der Waals surface area contributed by atoms with Crippen molar-refractivity contribution in [2.75, 3.05) is 6.61 Å². The number of halogens is 1. The highest BCUT2D eigenvalue weighted by atomic mass is 35.5. The third-order valence-corrected chi connectivity index (χ3v) is 2.81. The second-order valence-electron chi connectivity index (χ2n) is 3.79. The summed E-state index contributed by atoms with van der Waals surface area (Å²) in [6.45, 7) is 2.45. The molecule has 0 amide bonds. The topological polar surface area (TPSA) is 59.4 Å². The van der Waals surface area contributed by atoms with Crippen LogP contribution in [0.4, 0.5) is 0 Å². The molecule has 0 spiro atoms. The standard InChI is InChI=1S/C14H12ClNO3/c1-2-19-9-6-7-10(11(15)8-9)12-4-3-5-13(16-12)14(17)18/h3-8H,2H2,1H3,(H,17,18). The SMILES string of the molecule is CCOc1ccc(-c2cccc(C(=O)O)n2)c(Cl)c1. The first-order chi connectivity index (χ1) is 9.11. The lowest BCUT2D eigenvalue weighted by Crippen LogP contribution is -2.00. The molecular formula is C14H12ClNO3. The van der Waals surface area contributed by atoms with Crippen LogP contribution < -0.4 is 4.74 Å². The van der Waals surface area contributed by atoms with Gasteiger partial charge < -0.3 is 9.84 Å². The van der Waals surface area contributed by atoms with Crippen molar-refractivity contribution in [3.8, 4) is 17.0 Å². The lowest BCUT2D eigenvalue weighted by Gasteiger charge is -2.08. The molecule has 0 fully saturated rings. The number of nitrogens with zero attached hydrogens (tertiary/aromatic N) is 1. The molecule has 0 bridgehead atoms. The van der Waals surface area contributed by atoms with E-state index in [2.05, 4.69) is 4.98 Å². The fourth-order valence-corrected chi connectivity index (χ4v) is 1.93. The number of hydrogen-bond acceptors (Lipinski definition) is 3. The molecule has 0 atom stereocenters. The Kier molecular flexibility index (Phi) is 4.02. The molecule has 1 aromatic carbocycles. The summed E-state index contributed by atoms with van der Waals surface area (Å²) in [5.41, 5.74) is 1.18. The van der Waals surface area contributed by atoms with Crippen LogP contribution in [0.15, 0.2) is 36.4 Å². The zero-order valence-electron chi connectivity index (χ0n) is 10.3. The third kappa shape index (κ3) is 3.03. The van der Waals surface area contributed by atoms with Crippen molar-refractivity contribution in [3.63, 3.8) is 0 Å². The first-order valence-electron chi connectivity index (χ1n) is 5.75. The van der Waals surface area contributed by atoms with Crippen LogP contribution in [-0.2, 0) is 0 Å². The Bertz CT molecular complexity index is 613. The summed E-state index contributed by atoms with van der Waals surface area (Å²) in [7, 11) is 0. The van der Waals surface area contributed by atoms with Gasteiger partial charge in [-0.3, -0.25) is 0 Å². The first-order valence-corrected chi connectivity index (χ1v) is 6.12. The minimum Gasteiger partial charge on any atom is -0.494 e. The molecule has 0 saturated heterocycles. The third-order valence-electron chi connectivity index (χ3n) is 2.50. The van der Waals surface area contributed by atoms with Gasteiger partial charge in [0.15, 0.2) is 0 Å². The lowest BCUT2D eigenvalue weighted by molar-refractivity contribution is 0.0690. The summed E-state index contributed by atoms with van der Waals surface area (Å²) in [5, 5.41) is 9.40. The fraction of sp³-hybridized carbons (Fsp3) is 0.143. The Morgan fingerprint density at radius 3 is 2.79 bits per heavy atom. The van der Waals surface area contributed by atoms with Gasteiger partial charge in [0, 0.05) is 5.56 Å². The molecule has 2 rings (SSSR count). The number of carbonyl (C=O) groups is 1. The largest absolute Gasteiger partial charge is 0.494 e. The van der Waals surface area contributed by atoms with Crippen molar-refractivity contribution in [2.24, 2.45) is 0 Å². The number of pyridine rings is 1. The zero-order chi connectivity index (χ0) is 13.8. The summed E-state index contributed by atoms with van der Waals surface area (Å²) in [6, 6.07) is 10.0. The Balaban J connectivity index is 2.41. The van der Waals surface area contributed by atoms with E-state index in [1.165, 1.54) is 6.07 Å². The molecule has 0 saturated carbocycles. The van der Waals surface area contributed by atoms with E-state index in [0.717, 1.165) is 0 Å². The van der Waals surface area contributed by atoms with Crippen LogP contribution in [0.1, 0.15) is 17.4 Å². The molecule has 2 aromatic rings. The molecule has 19 heavy (non-hydrogen) atoms. The molecule has 0 radical (unpaired) electrons. The average molecular weight is 278 g/mol. The highest BCUT2D eigenvalue weighted by Crippen LogP contribution is 2.30. The van der Waals surface area contributed by atoms with E-state index in [0.29, 0.717) is 28.6 Å². The van der Waals surface area contributed by atoms with Crippen molar-refractivity contribution in [2.45, 2.75) is 6.92 Å². The van der Waals surface area contributed by atoms with E-state index < -0.39 is 5.97 Å². The number of benzene rings is 1. The number of carboxylic acids is 1. The molecule has 0 aliphatic carbocycles. The number of carboxylic acid groups (broad SMARTS) is 1. The van der Waals surface area contributed by atoms with Gasteiger partial charge in [-0.15, -0.1) is 0 Å². The highest BCUT2D eigenvalue weighted by Gasteiger charge is 2.10. The van der Waals surface area contributed by atoms with E-state index in [-0.39, 0.29) is 5.69 Å². The number of aromatic carboxylic acids is 1. The minimum atomic E-state index is -1.07. The number of ether oxygens (including phenoxy) is 1. The van der Waals surface area contributed by atoms with Gasteiger partial charge in [0.1, 0.15) is 11.4 Å². The summed E-state index contributed by atoms with van der Waals surface area (Å²) < 4.78 is 5.34. The number of rotatable bonds is 4. The minimum absolute atomic E-state index is 0.0116. The Hall–Kier alpha value is -2.07. The number of aromatic nitrogens is 1. The lowest BCUT2D eigenvalue weighted by atomic mass is 10.1. The van der Waals surface area contributed by atoms with Gasteiger partial charge in [-0.25, -0.2) is 9.78 Å². The predicted octanol–water partition coefficient (Wildman–Crippen LogP) is 3.50. The number of hydrogen-bond donors (Lipinski definition) is 1. The molecule has 0 aliphatic rings. The van der Waals surface area contributed by atoms with Crippen molar-refractivity contribution in [1.82, 2.24) is 4.98 Å². The fourth-order valence-electron chi connectivity index (χ4n) is 1.66. The average Bonchev–Trinajstić information content (AvgIpc) is 2.39. The normalized spacial score (nSPS) is 10.2. The van der Waals surface area contributed by atoms with Crippen LogP contribution in [0.25, 0.3) is 11.3 Å². The maximum Gasteiger partial charge on any atom is 0.354 e. The van der Waals surface area contributed by atoms with Crippen LogP contribution in [0.2, 0.25) is 5.02 Å². The van der Waals surface area contributed by atoms with Crippen LogP contribution >= 0.6 is 11.6 Å². The highest BCUT2D eigenvalue weighted by molar-refractivity contribution is 6.33. The van der Waals surface area contributed by atoms with Gasteiger partial charge in [0.25, 0.3) is 0 Å². The summed E-state index contributed by atoms with van der Waals surface area (Å²) in [6.07, 6.45) is 0. The van der Waals surface area contributed by atoms with Crippen LogP contribution in [0, 0.1) is 0 Å². The first kappa shape index (κ1) is 13.4. The van der Waals surface area contributed by atoms with Crippen molar-refractivity contribution in [1.29, 1.82) is 0 Å². The zero-order valence-corrected chi connectivity index (χ0v) is 11.0. The van der Waals surface area contributed by atoms with Crippen LogP contribution in [-0.4, -0.2) is 22.7 Å². The van der Waals surface area contributed by atoms with Gasteiger partial charge in [0.2, 0.25) is 0 Å². The van der Waals surface area contributed by atoms with Gasteiger partial charge in [-0.1, -0.05) is 17.7 Å². The smallest absolute Gasteiger partial charge is 0.354 e. The van der Waals surface area contributed by atoms with Crippen LogP contribution in [0.3, 0.4) is 0 Å². The maximum absolute atomic E-state index is 10.9. The van der Waals surface area contributed by atoms with Gasteiger partial charge >= 0.3 is 5.97 Å². The van der Waals surface area contributed by atoms with Crippen molar-refractivity contribution in [3.05, 3.63) is 47.1 Å². The van der Waals surface area contributed by atoms with Gasteiger partial charge in [-0.05, 0) is 37.3 Å². The molecule has 0 unspecified atom stereocenters. The summed E-state index contributed by atoms with van der Waals surface area (Å²) in [4.78, 5) is 14.9. The Labute approximate surface area is 115 Å². The van der Waals surface area contributed by atoms with E-state index in [1.54, 1.807) is 30.3 Å². The molecule has 5 heteroatoms. The van der Waals surface area contributed by atoms with Gasteiger partial charge in [0.05, 0.1) is 17.3 Å². The Morgan fingerprint density at radius 1 is 1.37 bits per heavy atom. The molecular weight excluding hydrogens is 266 g/mol. The quantitative estimate of drug-likeness (QED) is 0.929. The van der Waals surface area contributed by atoms with Crippen molar-refractivity contribution < 1.29 is 14.6 Å².